The molecule has 0 atom stereocenters. The van der Waals surface area contributed by atoms with E-state index in [4.69, 9.17) is 14.6 Å². The van der Waals surface area contributed by atoms with Gasteiger partial charge in [0.25, 0.3) is 5.91 Å². The summed E-state index contributed by atoms with van der Waals surface area (Å²) in [7, 11) is 1.50. The van der Waals surface area contributed by atoms with Crippen molar-refractivity contribution in [3.8, 4) is 11.5 Å². The molecular formula is C21H20N2O6. The van der Waals surface area contributed by atoms with Crippen LogP contribution in [0.2, 0.25) is 0 Å². The van der Waals surface area contributed by atoms with E-state index in [1.165, 1.54) is 19.2 Å². The third kappa shape index (κ3) is 4.26. The van der Waals surface area contributed by atoms with Crippen LogP contribution in [0, 0.1) is 0 Å². The van der Waals surface area contributed by atoms with E-state index in [2.05, 4.69) is 4.99 Å². The van der Waals surface area contributed by atoms with Crippen LogP contribution in [0.5, 0.6) is 11.5 Å². The van der Waals surface area contributed by atoms with Gasteiger partial charge in [0.15, 0.2) is 11.5 Å². The first-order valence-corrected chi connectivity index (χ1v) is 8.98. The van der Waals surface area contributed by atoms with E-state index in [0.29, 0.717) is 22.6 Å². The molecular weight excluding hydrogens is 376 g/mol. The monoisotopic (exact) mass is 396 g/mol. The molecule has 8 nitrogen and oxygen atoms in total. The largest absolute Gasteiger partial charge is 0.493 e. The molecule has 8 heteroatoms. The second-order valence-corrected chi connectivity index (χ2v) is 6.31. The lowest BCUT2D eigenvalue weighted by molar-refractivity contribution is -0.120. The Morgan fingerprint density at radius 2 is 1.93 bits per heavy atom. The maximum atomic E-state index is 12.3. The average molecular weight is 396 g/mol. The number of carboxylic acids is 1. The maximum absolute atomic E-state index is 12.3. The molecule has 3 amide bonds. The number of urea groups is 1. The molecule has 0 radical (unpaired) electrons. The Balaban J connectivity index is 1.84. The second kappa shape index (κ2) is 8.55. The fourth-order valence-electron chi connectivity index (χ4n) is 3.02. The second-order valence-electron chi connectivity index (χ2n) is 6.31. The third-order valence-corrected chi connectivity index (χ3v) is 4.47. The highest BCUT2D eigenvalue weighted by Gasteiger charge is 2.32. The first kappa shape index (κ1) is 20.1. The van der Waals surface area contributed by atoms with Crippen molar-refractivity contribution in [2.45, 2.75) is 20.0 Å². The normalized spacial score (nSPS) is 13.4. The topological polar surface area (TPSA) is 106 Å². The van der Waals surface area contributed by atoms with E-state index < -0.39 is 17.9 Å². The van der Waals surface area contributed by atoms with Gasteiger partial charge in [0.2, 0.25) is 0 Å². The minimum atomic E-state index is -1.02. The predicted octanol–water partition coefficient (Wildman–Crippen LogP) is 2.94. The first-order valence-electron chi connectivity index (χ1n) is 8.98. The molecule has 0 spiro atoms. The number of amides is 3. The van der Waals surface area contributed by atoms with Crippen LogP contribution in [0.15, 0.2) is 47.5 Å². The van der Waals surface area contributed by atoms with Gasteiger partial charge in [-0.25, -0.2) is 9.59 Å². The molecule has 0 bridgehead atoms. The van der Waals surface area contributed by atoms with E-state index in [1.807, 2.05) is 0 Å². The van der Waals surface area contributed by atoms with Gasteiger partial charge >= 0.3 is 12.0 Å². The van der Waals surface area contributed by atoms with E-state index >= 15 is 0 Å². The lowest BCUT2D eigenvalue weighted by Gasteiger charge is -2.15. The van der Waals surface area contributed by atoms with Gasteiger partial charge in [-0.1, -0.05) is 24.3 Å². The Kier molecular flexibility index (Phi) is 5.92. The lowest BCUT2D eigenvalue weighted by Crippen LogP contribution is -2.32. The van der Waals surface area contributed by atoms with E-state index in [9.17, 15) is 14.4 Å². The number of carbonyl (C=O) groups is 3. The standard InChI is InChI=1S/C21H20N2O6/c1-3-23-19(24)16(22-21(23)27)11-14-7-5-9-17(28-2)18(14)29-12-13-6-4-8-15(10-13)20(25)26/h4-10H,3,11-12H2,1-2H3,(H,25,26). The van der Waals surface area contributed by atoms with Crippen molar-refractivity contribution in [3.05, 3.63) is 59.2 Å². The van der Waals surface area contributed by atoms with Crippen LogP contribution in [0.25, 0.3) is 0 Å². The molecule has 3 rings (SSSR count). The number of para-hydroxylation sites is 1. The zero-order chi connectivity index (χ0) is 21.0. The SMILES string of the molecule is CCN1C(=O)N=C(Cc2cccc(OC)c2OCc2cccc(C(=O)O)c2)C1=O. The summed E-state index contributed by atoms with van der Waals surface area (Å²) >= 11 is 0. The van der Waals surface area contributed by atoms with Crippen molar-refractivity contribution >= 4 is 23.6 Å². The third-order valence-electron chi connectivity index (χ3n) is 4.47. The van der Waals surface area contributed by atoms with Gasteiger partial charge in [0.1, 0.15) is 12.3 Å². The number of aliphatic imine (C=N–C) groups is 1. The summed E-state index contributed by atoms with van der Waals surface area (Å²) in [5.41, 5.74) is 1.61. The van der Waals surface area contributed by atoms with Gasteiger partial charge in [-0.15, -0.1) is 0 Å². The average Bonchev–Trinajstić information content (AvgIpc) is 2.99. The highest BCUT2D eigenvalue weighted by atomic mass is 16.5. The Hall–Kier alpha value is -3.68. The van der Waals surface area contributed by atoms with Crippen LogP contribution in [0.4, 0.5) is 4.79 Å². The molecule has 1 N–H and O–H groups in total. The molecule has 0 aromatic heterocycles. The maximum Gasteiger partial charge on any atom is 0.350 e. The van der Waals surface area contributed by atoms with Crippen molar-refractivity contribution in [2.24, 2.45) is 4.99 Å². The van der Waals surface area contributed by atoms with E-state index in [1.54, 1.807) is 37.3 Å². The number of carboxylic acid groups (broad SMARTS) is 1. The molecule has 29 heavy (non-hydrogen) atoms. The summed E-state index contributed by atoms with van der Waals surface area (Å²) in [5, 5.41) is 9.13. The molecule has 1 aliphatic rings. The van der Waals surface area contributed by atoms with Crippen LogP contribution in [0.1, 0.15) is 28.4 Å². The Morgan fingerprint density at radius 1 is 1.17 bits per heavy atom. The number of methoxy groups -OCH3 is 1. The smallest absolute Gasteiger partial charge is 0.350 e. The number of carbonyl (C=O) groups excluding carboxylic acids is 2. The Morgan fingerprint density at radius 3 is 2.59 bits per heavy atom. The van der Waals surface area contributed by atoms with Crippen molar-refractivity contribution < 1.29 is 29.0 Å². The number of ether oxygens (including phenoxy) is 2. The minimum absolute atomic E-state index is 0.106. The molecule has 0 aliphatic carbocycles. The van der Waals surface area contributed by atoms with Crippen molar-refractivity contribution in [1.82, 2.24) is 4.90 Å². The molecule has 0 unspecified atom stereocenters. The lowest BCUT2D eigenvalue weighted by atomic mass is 10.1. The molecule has 1 aliphatic heterocycles. The fourth-order valence-corrected chi connectivity index (χ4v) is 3.02. The number of hydrogen-bond donors (Lipinski definition) is 1. The fraction of sp³-hybridized carbons (Fsp3) is 0.238. The summed E-state index contributed by atoms with van der Waals surface area (Å²) in [6.45, 7) is 2.07. The molecule has 0 saturated carbocycles. The van der Waals surface area contributed by atoms with Gasteiger partial charge in [0, 0.05) is 18.5 Å². The zero-order valence-electron chi connectivity index (χ0n) is 16.0. The number of rotatable bonds is 8. The summed E-state index contributed by atoms with van der Waals surface area (Å²) in [6.07, 6.45) is 0.114. The number of benzene rings is 2. The highest BCUT2D eigenvalue weighted by Crippen LogP contribution is 2.33. The van der Waals surface area contributed by atoms with Crippen LogP contribution in [-0.2, 0) is 17.8 Å². The molecule has 2 aromatic rings. The highest BCUT2D eigenvalue weighted by molar-refractivity contribution is 6.46. The molecule has 0 fully saturated rings. The van der Waals surface area contributed by atoms with Crippen molar-refractivity contribution in [1.29, 1.82) is 0 Å². The van der Waals surface area contributed by atoms with Crippen molar-refractivity contribution in [2.75, 3.05) is 13.7 Å². The summed E-state index contributed by atoms with van der Waals surface area (Å²) in [5.74, 6) is -0.566. The van der Waals surface area contributed by atoms with Gasteiger partial charge in [-0.3, -0.25) is 9.69 Å². The molecule has 1 heterocycles. The van der Waals surface area contributed by atoms with Crippen LogP contribution in [0.3, 0.4) is 0 Å². The zero-order valence-corrected chi connectivity index (χ0v) is 16.0. The van der Waals surface area contributed by atoms with Gasteiger partial charge in [-0.2, -0.15) is 4.99 Å². The molecule has 0 saturated heterocycles. The number of nitrogens with zero attached hydrogens (tertiary/aromatic N) is 2. The number of aromatic carboxylic acids is 1. The predicted molar refractivity (Wildman–Crippen MR) is 105 cm³/mol. The van der Waals surface area contributed by atoms with E-state index in [0.717, 1.165) is 4.90 Å². The van der Waals surface area contributed by atoms with E-state index in [-0.39, 0.29) is 30.8 Å². The number of imide groups is 1. The van der Waals surface area contributed by atoms with Crippen molar-refractivity contribution in [3.63, 3.8) is 0 Å². The van der Waals surface area contributed by atoms with Gasteiger partial charge < -0.3 is 14.6 Å². The summed E-state index contributed by atoms with van der Waals surface area (Å²) < 4.78 is 11.3. The van der Waals surface area contributed by atoms with Crippen LogP contribution in [-0.4, -0.2) is 47.3 Å². The Labute approximate surface area is 167 Å². The summed E-state index contributed by atoms with van der Waals surface area (Å²) in [6, 6.07) is 11.1. The first-order chi connectivity index (χ1) is 13.9. The number of hydrogen-bond acceptors (Lipinski definition) is 5. The minimum Gasteiger partial charge on any atom is -0.493 e. The van der Waals surface area contributed by atoms with Crippen LogP contribution < -0.4 is 9.47 Å². The molecule has 2 aromatic carbocycles. The quantitative estimate of drug-likeness (QED) is 0.735. The molecule has 150 valence electrons. The Bertz CT molecular complexity index is 998. The summed E-state index contributed by atoms with van der Waals surface area (Å²) in [4.78, 5) is 40.3. The van der Waals surface area contributed by atoms with Gasteiger partial charge in [-0.05, 0) is 30.7 Å². The van der Waals surface area contributed by atoms with Gasteiger partial charge in [0.05, 0.1) is 12.7 Å². The van der Waals surface area contributed by atoms with Crippen LogP contribution >= 0.6 is 0 Å².